The van der Waals surface area contributed by atoms with Crippen molar-refractivity contribution in [2.45, 2.75) is 39.3 Å². The monoisotopic (exact) mass is 315 g/mol. The second-order valence-corrected chi connectivity index (χ2v) is 6.18. The fourth-order valence-corrected chi connectivity index (χ4v) is 2.39. The van der Waals surface area contributed by atoms with E-state index in [2.05, 4.69) is 25.5 Å². The SMILES string of the molecule is CC(C)(C)OC(=O)N1CCc2ncc(Br)n2CC1. The Morgan fingerprint density at radius 2 is 2.11 bits per heavy atom. The van der Waals surface area contributed by atoms with Crippen molar-refractivity contribution in [3.05, 3.63) is 16.6 Å². The van der Waals surface area contributed by atoms with Crippen LogP contribution >= 0.6 is 15.9 Å². The van der Waals surface area contributed by atoms with Gasteiger partial charge in [-0.25, -0.2) is 9.78 Å². The van der Waals surface area contributed by atoms with Crippen molar-refractivity contribution in [2.24, 2.45) is 0 Å². The first-order chi connectivity index (χ1) is 8.37. The van der Waals surface area contributed by atoms with Gasteiger partial charge in [0.25, 0.3) is 0 Å². The quantitative estimate of drug-likeness (QED) is 0.738. The van der Waals surface area contributed by atoms with Crippen molar-refractivity contribution in [1.29, 1.82) is 0 Å². The van der Waals surface area contributed by atoms with Gasteiger partial charge in [-0.05, 0) is 36.7 Å². The lowest BCUT2D eigenvalue weighted by Gasteiger charge is -2.26. The highest BCUT2D eigenvalue weighted by atomic mass is 79.9. The maximum Gasteiger partial charge on any atom is 0.410 e. The lowest BCUT2D eigenvalue weighted by Crippen LogP contribution is -2.38. The first kappa shape index (κ1) is 13.4. The minimum atomic E-state index is -0.447. The number of carbonyl (C=O) groups is 1. The standard InChI is InChI=1S/C12H18BrN3O2/c1-12(2,3)18-11(17)15-5-4-10-14-8-9(13)16(10)7-6-15/h8H,4-7H2,1-3H3. The van der Waals surface area contributed by atoms with Gasteiger partial charge in [-0.3, -0.25) is 0 Å². The molecule has 0 N–H and O–H groups in total. The maximum atomic E-state index is 12.0. The predicted octanol–water partition coefficient (Wildman–Crippen LogP) is 2.44. The highest BCUT2D eigenvalue weighted by molar-refractivity contribution is 9.10. The molecule has 1 aliphatic heterocycles. The Morgan fingerprint density at radius 1 is 1.39 bits per heavy atom. The molecule has 0 bridgehead atoms. The summed E-state index contributed by atoms with van der Waals surface area (Å²) in [5, 5.41) is 0. The van der Waals surface area contributed by atoms with Gasteiger partial charge in [0.1, 0.15) is 16.0 Å². The number of hydrogen-bond donors (Lipinski definition) is 0. The summed E-state index contributed by atoms with van der Waals surface area (Å²) in [6, 6.07) is 0. The number of nitrogens with zero attached hydrogens (tertiary/aromatic N) is 3. The van der Waals surface area contributed by atoms with E-state index in [1.165, 1.54) is 0 Å². The lowest BCUT2D eigenvalue weighted by atomic mass is 10.2. The smallest absolute Gasteiger partial charge is 0.410 e. The molecule has 2 heterocycles. The molecule has 1 aliphatic rings. The van der Waals surface area contributed by atoms with Gasteiger partial charge >= 0.3 is 6.09 Å². The van der Waals surface area contributed by atoms with E-state index in [0.717, 1.165) is 23.4 Å². The fraction of sp³-hybridized carbons (Fsp3) is 0.667. The number of aromatic nitrogens is 2. The summed E-state index contributed by atoms with van der Waals surface area (Å²) in [7, 11) is 0. The van der Waals surface area contributed by atoms with Crippen molar-refractivity contribution >= 4 is 22.0 Å². The minimum absolute atomic E-state index is 0.246. The van der Waals surface area contributed by atoms with Crippen LogP contribution in [0.4, 0.5) is 4.79 Å². The summed E-state index contributed by atoms with van der Waals surface area (Å²) >= 11 is 3.46. The van der Waals surface area contributed by atoms with Crippen LogP contribution in [-0.2, 0) is 17.7 Å². The first-order valence-electron chi connectivity index (χ1n) is 6.04. The summed E-state index contributed by atoms with van der Waals surface area (Å²) < 4.78 is 8.43. The molecule has 0 spiro atoms. The van der Waals surface area contributed by atoms with Gasteiger partial charge in [0.15, 0.2) is 0 Å². The molecule has 5 nitrogen and oxygen atoms in total. The molecule has 6 heteroatoms. The molecular formula is C12H18BrN3O2. The van der Waals surface area contributed by atoms with Crippen LogP contribution in [0.25, 0.3) is 0 Å². The first-order valence-corrected chi connectivity index (χ1v) is 6.84. The zero-order valence-corrected chi connectivity index (χ0v) is 12.5. The Labute approximate surface area is 115 Å². The zero-order chi connectivity index (χ0) is 13.3. The van der Waals surface area contributed by atoms with Gasteiger partial charge in [-0.15, -0.1) is 0 Å². The van der Waals surface area contributed by atoms with E-state index in [9.17, 15) is 4.79 Å². The molecular weight excluding hydrogens is 298 g/mol. The normalized spacial score (nSPS) is 16.1. The summed E-state index contributed by atoms with van der Waals surface area (Å²) in [4.78, 5) is 18.1. The molecule has 100 valence electrons. The van der Waals surface area contributed by atoms with Gasteiger partial charge in [0.05, 0.1) is 6.20 Å². The third-order valence-corrected chi connectivity index (χ3v) is 3.37. The average Bonchev–Trinajstić information content (AvgIpc) is 2.48. The molecule has 0 aliphatic carbocycles. The summed E-state index contributed by atoms with van der Waals surface area (Å²) in [6.07, 6.45) is 2.31. The van der Waals surface area contributed by atoms with E-state index in [-0.39, 0.29) is 6.09 Å². The molecule has 0 unspecified atom stereocenters. The summed E-state index contributed by atoms with van der Waals surface area (Å²) in [5.74, 6) is 1.01. The van der Waals surface area contributed by atoms with Crippen LogP contribution in [-0.4, -0.2) is 39.2 Å². The predicted molar refractivity (Wildman–Crippen MR) is 71.4 cm³/mol. The second-order valence-electron chi connectivity index (χ2n) is 5.37. The molecule has 1 amide bonds. The van der Waals surface area contributed by atoms with E-state index < -0.39 is 5.60 Å². The molecule has 0 atom stereocenters. The largest absolute Gasteiger partial charge is 0.444 e. The summed E-state index contributed by atoms with van der Waals surface area (Å²) in [6.45, 7) is 7.68. The van der Waals surface area contributed by atoms with E-state index in [1.54, 1.807) is 11.1 Å². The summed E-state index contributed by atoms with van der Waals surface area (Å²) in [5.41, 5.74) is -0.447. The third kappa shape index (κ3) is 3.04. The fourth-order valence-electron chi connectivity index (χ4n) is 1.90. The maximum absolute atomic E-state index is 12.0. The van der Waals surface area contributed by atoms with E-state index in [0.29, 0.717) is 13.1 Å². The molecule has 0 radical (unpaired) electrons. The lowest BCUT2D eigenvalue weighted by molar-refractivity contribution is 0.0254. The van der Waals surface area contributed by atoms with Gasteiger partial charge in [-0.1, -0.05) is 0 Å². The van der Waals surface area contributed by atoms with Crippen molar-refractivity contribution < 1.29 is 9.53 Å². The van der Waals surface area contributed by atoms with Crippen molar-refractivity contribution in [2.75, 3.05) is 13.1 Å². The number of imidazole rings is 1. The Morgan fingerprint density at radius 3 is 2.78 bits per heavy atom. The zero-order valence-electron chi connectivity index (χ0n) is 10.9. The molecule has 0 saturated heterocycles. The number of ether oxygens (including phenoxy) is 1. The van der Waals surface area contributed by atoms with Gasteiger partial charge in [-0.2, -0.15) is 0 Å². The molecule has 2 rings (SSSR count). The third-order valence-electron chi connectivity index (χ3n) is 2.74. The Balaban J connectivity index is 2.02. The second kappa shape index (κ2) is 4.91. The molecule has 0 fully saturated rings. The number of fused-ring (bicyclic) bond motifs is 1. The van der Waals surface area contributed by atoms with Crippen LogP contribution in [0.1, 0.15) is 26.6 Å². The van der Waals surface area contributed by atoms with Crippen LogP contribution in [0.15, 0.2) is 10.8 Å². The molecule has 1 aromatic rings. The van der Waals surface area contributed by atoms with Crippen LogP contribution < -0.4 is 0 Å². The number of amides is 1. The number of hydrogen-bond acceptors (Lipinski definition) is 3. The van der Waals surface area contributed by atoms with Crippen LogP contribution in [0.5, 0.6) is 0 Å². The Hall–Kier alpha value is -1.04. The topological polar surface area (TPSA) is 47.4 Å². The van der Waals surface area contributed by atoms with Gasteiger partial charge < -0.3 is 14.2 Å². The van der Waals surface area contributed by atoms with Crippen LogP contribution in [0.3, 0.4) is 0 Å². The van der Waals surface area contributed by atoms with Crippen molar-refractivity contribution in [3.63, 3.8) is 0 Å². The van der Waals surface area contributed by atoms with E-state index in [1.807, 2.05) is 20.8 Å². The Kier molecular flexibility index (Phi) is 3.66. The van der Waals surface area contributed by atoms with E-state index >= 15 is 0 Å². The molecule has 0 saturated carbocycles. The van der Waals surface area contributed by atoms with Gasteiger partial charge in [0, 0.05) is 26.1 Å². The average molecular weight is 316 g/mol. The highest BCUT2D eigenvalue weighted by Gasteiger charge is 2.24. The molecule has 0 aromatic carbocycles. The van der Waals surface area contributed by atoms with E-state index in [4.69, 9.17) is 4.74 Å². The van der Waals surface area contributed by atoms with Crippen LogP contribution in [0, 0.1) is 0 Å². The number of carbonyl (C=O) groups excluding carboxylic acids is 1. The van der Waals surface area contributed by atoms with Crippen LogP contribution in [0.2, 0.25) is 0 Å². The minimum Gasteiger partial charge on any atom is -0.444 e. The van der Waals surface area contributed by atoms with Crippen molar-refractivity contribution in [1.82, 2.24) is 14.5 Å². The number of halogens is 1. The van der Waals surface area contributed by atoms with Gasteiger partial charge in [0.2, 0.25) is 0 Å². The molecule has 1 aromatic heterocycles. The number of rotatable bonds is 0. The Bertz CT molecular complexity index is 451. The molecule has 18 heavy (non-hydrogen) atoms. The highest BCUT2D eigenvalue weighted by Crippen LogP contribution is 2.17. The van der Waals surface area contributed by atoms with Crippen molar-refractivity contribution in [3.8, 4) is 0 Å².